The molecule has 13 heavy (non-hydrogen) atoms. The standard InChI is InChI=1S/C9H18N2O2/c12-7-9-1-4-11(5-2-9)6-3-10-8-13/h8-9,12H,1-7H2,(H,10,13). The number of carbonyl (C=O) groups excluding carboxylic acids is 1. The normalized spacial score (nSPS) is 20.1. The minimum atomic E-state index is 0.320. The Bertz CT molecular complexity index is 145. The van der Waals surface area contributed by atoms with Gasteiger partial charge in [0.05, 0.1) is 0 Å². The first-order chi connectivity index (χ1) is 6.36. The first kappa shape index (κ1) is 10.5. The smallest absolute Gasteiger partial charge is 0.207 e. The van der Waals surface area contributed by atoms with E-state index in [0.29, 0.717) is 12.5 Å². The number of carbonyl (C=O) groups is 1. The van der Waals surface area contributed by atoms with Gasteiger partial charge in [-0.15, -0.1) is 0 Å². The lowest BCUT2D eigenvalue weighted by molar-refractivity contribution is -0.109. The number of piperidine rings is 1. The molecule has 1 amide bonds. The Morgan fingerprint density at radius 1 is 1.46 bits per heavy atom. The number of hydrogen-bond acceptors (Lipinski definition) is 3. The van der Waals surface area contributed by atoms with E-state index in [1.165, 1.54) is 0 Å². The van der Waals surface area contributed by atoms with Gasteiger partial charge in [-0.3, -0.25) is 4.79 Å². The summed E-state index contributed by atoms with van der Waals surface area (Å²) >= 11 is 0. The van der Waals surface area contributed by atoms with Crippen LogP contribution in [0.5, 0.6) is 0 Å². The maximum Gasteiger partial charge on any atom is 0.207 e. The van der Waals surface area contributed by atoms with Crippen LogP contribution in [0.3, 0.4) is 0 Å². The van der Waals surface area contributed by atoms with E-state index in [-0.39, 0.29) is 0 Å². The molecule has 1 fully saturated rings. The molecule has 0 aromatic carbocycles. The van der Waals surface area contributed by atoms with Gasteiger partial charge in [-0.25, -0.2) is 0 Å². The SMILES string of the molecule is O=CNCCN1CCC(CO)CC1. The van der Waals surface area contributed by atoms with E-state index in [1.807, 2.05) is 0 Å². The number of nitrogens with one attached hydrogen (secondary N) is 1. The fraction of sp³-hybridized carbons (Fsp3) is 0.889. The van der Waals surface area contributed by atoms with Gasteiger partial charge in [-0.05, 0) is 31.8 Å². The third kappa shape index (κ3) is 3.74. The highest BCUT2D eigenvalue weighted by Crippen LogP contribution is 2.15. The van der Waals surface area contributed by atoms with Crippen LogP contribution in [0.4, 0.5) is 0 Å². The molecule has 4 nitrogen and oxygen atoms in total. The Labute approximate surface area is 78.9 Å². The quantitative estimate of drug-likeness (QED) is 0.447. The van der Waals surface area contributed by atoms with Gasteiger partial charge in [-0.2, -0.15) is 0 Å². The molecule has 2 N–H and O–H groups in total. The zero-order chi connectivity index (χ0) is 9.52. The topological polar surface area (TPSA) is 52.6 Å². The predicted octanol–water partition coefficient (Wildman–Crippen LogP) is -0.563. The van der Waals surface area contributed by atoms with Crippen LogP contribution in [0.25, 0.3) is 0 Å². The molecule has 0 aromatic heterocycles. The molecule has 0 atom stereocenters. The van der Waals surface area contributed by atoms with Crippen LogP contribution >= 0.6 is 0 Å². The summed E-state index contributed by atoms with van der Waals surface area (Å²) in [5, 5.41) is 11.6. The van der Waals surface area contributed by atoms with E-state index in [2.05, 4.69) is 10.2 Å². The number of likely N-dealkylation sites (tertiary alicyclic amines) is 1. The Morgan fingerprint density at radius 2 is 2.15 bits per heavy atom. The van der Waals surface area contributed by atoms with Crippen LogP contribution in [0.2, 0.25) is 0 Å². The number of aliphatic hydroxyl groups excluding tert-OH is 1. The van der Waals surface area contributed by atoms with Crippen molar-refractivity contribution in [3.63, 3.8) is 0 Å². The lowest BCUT2D eigenvalue weighted by Crippen LogP contribution is -2.38. The van der Waals surface area contributed by atoms with Crippen LogP contribution in [0, 0.1) is 5.92 Å². The summed E-state index contributed by atoms with van der Waals surface area (Å²) in [5.74, 6) is 0.496. The molecule has 1 saturated heterocycles. The van der Waals surface area contributed by atoms with Gasteiger partial charge >= 0.3 is 0 Å². The van der Waals surface area contributed by atoms with E-state index < -0.39 is 0 Å². The van der Waals surface area contributed by atoms with Crippen LogP contribution in [0.1, 0.15) is 12.8 Å². The van der Waals surface area contributed by atoms with Crippen molar-refractivity contribution in [1.82, 2.24) is 10.2 Å². The van der Waals surface area contributed by atoms with Crippen LogP contribution in [-0.4, -0.2) is 49.2 Å². The average molecular weight is 186 g/mol. The van der Waals surface area contributed by atoms with Gasteiger partial charge in [0.25, 0.3) is 0 Å². The van der Waals surface area contributed by atoms with Crippen molar-refractivity contribution in [3.8, 4) is 0 Å². The zero-order valence-corrected chi connectivity index (χ0v) is 7.91. The minimum absolute atomic E-state index is 0.320. The van der Waals surface area contributed by atoms with Crippen molar-refractivity contribution in [2.75, 3.05) is 32.8 Å². The van der Waals surface area contributed by atoms with Crippen molar-refractivity contribution >= 4 is 6.41 Å². The molecule has 1 aliphatic heterocycles. The molecule has 0 aromatic rings. The average Bonchev–Trinajstić information content (AvgIpc) is 2.19. The van der Waals surface area contributed by atoms with E-state index in [4.69, 9.17) is 5.11 Å². The Balaban J connectivity index is 2.06. The van der Waals surface area contributed by atoms with Gasteiger partial charge in [-0.1, -0.05) is 0 Å². The second kappa shape index (κ2) is 5.94. The maximum atomic E-state index is 9.98. The third-order valence-electron chi connectivity index (χ3n) is 2.62. The molecule has 0 radical (unpaired) electrons. The molecule has 0 unspecified atom stereocenters. The number of nitrogens with zero attached hydrogens (tertiary/aromatic N) is 1. The predicted molar refractivity (Wildman–Crippen MR) is 50.3 cm³/mol. The monoisotopic (exact) mass is 186 g/mol. The van der Waals surface area contributed by atoms with Crippen molar-refractivity contribution in [3.05, 3.63) is 0 Å². The summed E-state index contributed by atoms with van der Waals surface area (Å²) in [7, 11) is 0. The Morgan fingerprint density at radius 3 is 2.69 bits per heavy atom. The Hall–Kier alpha value is -0.610. The molecule has 76 valence electrons. The fourth-order valence-electron chi connectivity index (χ4n) is 1.67. The third-order valence-corrected chi connectivity index (χ3v) is 2.62. The maximum absolute atomic E-state index is 9.98. The Kier molecular flexibility index (Phi) is 4.78. The molecule has 1 aliphatic rings. The molecule has 4 heteroatoms. The summed E-state index contributed by atoms with van der Waals surface area (Å²) in [6.45, 7) is 4.07. The first-order valence-electron chi connectivity index (χ1n) is 4.87. The van der Waals surface area contributed by atoms with Gasteiger partial charge in [0.2, 0.25) is 6.41 Å². The van der Waals surface area contributed by atoms with E-state index in [1.54, 1.807) is 0 Å². The van der Waals surface area contributed by atoms with Gasteiger partial charge in [0.1, 0.15) is 0 Å². The van der Waals surface area contributed by atoms with Crippen molar-refractivity contribution in [2.45, 2.75) is 12.8 Å². The second-order valence-corrected chi connectivity index (χ2v) is 3.54. The van der Waals surface area contributed by atoms with Crippen molar-refractivity contribution in [1.29, 1.82) is 0 Å². The minimum Gasteiger partial charge on any atom is -0.396 e. The number of amides is 1. The molecule has 0 bridgehead atoms. The molecule has 0 aliphatic carbocycles. The summed E-state index contributed by atoms with van der Waals surface area (Å²) in [5.41, 5.74) is 0. The molecule has 0 saturated carbocycles. The van der Waals surface area contributed by atoms with Gasteiger partial charge in [0, 0.05) is 19.7 Å². The molecular weight excluding hydrogens is 168 g/mol. The molecule has 1 rings (SSSR count). The second-order valence-electron chi connectivity index (χ2n) is 3.54. The van der Waals surface area contributed by atoms with E-state index >= 15 is 0 Å². The van der Waals surface area contributed by atoms with Gasteiger partial charge in [0.15, 0.2) is 0 Å². The lowest BCUT2D eigenvalue weighted by atomic mass is 9.98. The van der Waals surface area contributed by atoms with Gasteiger partial charge < -0.3 is 15.3 Å². The van der Waals surface area contributed by atoms with Crippen molar-refractivity contribution in [2.24, 2.45) is 5.92 Å². The van der Waals surface area contributed by atoms with Crippen LogP contribution in [-0.2, 0) is 4.79 Å². The molecule has 1 heterocycles. The van der Waals surface area contributed by atoms with Crippen molar-refractivity contribution < 1.29 is 9.90 Å². The first-order valence-corrected chi connectivity index (χ1v) is 4.87. The summed E-state index contributed by atoms with van der Waals surface area (Å²) in [6.07, 6.45) is 2.90. The highest BCUT2D eigenvalue weighted by atomic mass is 16.3. The fourth-order valence-corrected chi connectivity index (χ4v) is 1.67. The number of rotatable bonds is 5. The van der Waals surface area contributed by atoms with Crippen LogP contribution in [0.15, 0.2) is 0 Å². The number of hydrogen-bond donors (Lipinski definition) is 2. The largest absolute Gasteiger partial charge is 0.396 e. The summed E-state index contributed by atoms with van der Waals surface area (Å²) in [6, 6.07) is 0. The van der Waals surface area contributed by atoms with Crippen LogP contribution < -0.4 is 5.32 Å². The van der Waals surface area contributed by atoms with E-state index in [9.17, 15) is 4.79 Å². The zero-order valence-electron chi connectivity index (χ0n) is 7.91. The highest BCUT2D eigenvalue weighted by molar-refractivity contribution is 5.45. The molecular formula is C9H18N2O2. The molecule has 0 spiro atoms. The highest BCUT2D eigenvalue weighted by Gasteiger charge is 2.17. The van der Waals surface area contributed by atoms with E-state index in [0.717, 1.165) is 45.4 Å². The summed E-state index contributed by atoms with van der Waals surface area (Å²) in [4.78, 5) is 12.3. The summed E-state index contributed by atoms with van der Waals surface area (Å²) < 4.78 is 0. The number of aliphatic hydroxyl groups is 1. The lowest BCUT2D eigenvalue weighted by Gasteiger charge is -2.30.